The van der Waals surface area contributed by atoms with Gasteiger partial charge < -0.3 is 15.2 Å². The van der Waals surface area contributed by atoms with Crippen LogP contribution in [0.2, 0.25) is 0 Å². The molecule has 1 rings (SSSR count). The minimum atomic E-state index is -1.06. The fourth-order valence-electron chi connectivity index (χ4n) is 0.903. The highest BCUT2D eigenvalue weighted by molar-refractivity contribution is 5.78. The molecule has 1 saturated carbocycles. The number of carboxylic acid groups (broad SMARTS) is 1. The van der Waals surface area contributed by atoms with E-state index < -0.39 is 12.1 Å². The lowest BCUT2D eigenvalue weighted by Crippen LogP contribution is -2.32. The van der Waals surface area contributed by atoms with Crippen molar-refractivity contribution >= 4 is 11.9 Å². The summed E-state index contributed by atoms with van der Waals surface area (Å²) in [4.78, 5) is 21.4. The fourth-order valence-corrected chi connectivity index (χ4v) is 0.903. The van der Waals surface area contributed by atoms with Crippen LogP contribution in [0.5, 0.6) is 0 Å². The number of aliphatic carboxylic acids is 1. The van der Waals surface area contributed by atoms with E-state index in [1.54, 1.807) is 0 Å². The van der Waals surface area contributed by atoms with Crippen LogP contribution in [0, 0.1) is 5.92 Å². The Labute approximate surface area is 82.4 Å². The second-order valence-electron chi connectivity index (χ2n) is 3.54. The van der Waals surface area contributed by atoms with Crippen LogP contribution >= 0.6 is 0 Å². The Morgan fingerprint density at radius 3 is 2.71 bits per heavy atom. The lowest BCUT2D eigenvalue weighted by Gasteiger charge is -2.08. The molecule has 0 aromatic heterocycles. The Kier molecular flexibility index (Phi) is 3.88. The second-order valence-corrected chi connectivity index (χ2v) is 3.54. The van der Waals surface area contributed by atoms with Gasteiger partial charge in [-0.25, -0.2) is 4.79 Å². The molecule has 0 radical (unpaired) electrons. The van der Waals surface area contributed by atoms with Crippen molar-refractivity contribution in [2.24, 2.45) is 5.92 Å². The van der Waals surface area contributed by atoms with Crippen LogP contribution in [-0.4, -0.2) is 36.2 Å². The molecule has 0 aliphatic heterocycles. The highest BCUT2D eigenvalue weighted by atomic mass is 16.5. The zero-order chi connectivity index (χ0) is 10.6. The van der Waals surface area contributed by atoms with Crippen molar-refractivity contribution in [3.8, 4) is 0 Å². The molecule has 1 aliphatic carbocycles. The number of ether oxygens (including phenoxy) is 1. The van der Waals surface area contributed by atoms with Gasteiger partial charge in [0.15, 0.2) is 6.10 Å². The van der Waals surface area contributed by atoms with E-state index in [1.165, 1.54) is 19.8 Å². The molecular formula is C9H15NO4. The van der Waals surface area contributed by atoms with Gasteiger partial charge >= 0.3 is 5.97 Å². The average Bonchev–Trinajstić information content (AvgIpc) is 2.94. The summed E-state index contributed by atoms with van der Waals surface area (Å²) in [5.74, 6) is -0.680. The van der Waals surface area contributed by atoms with Gasteiger partial charge in [0.05, 0.1) is 0 Å². The lowest BCUT2D eigenvalue weighted by molar-refractivity contribution is -0.150. The summed E-state index contributed by atoms with van der Waals surface area (Å²) >= 11 is 0. The van der Waals surface area contributed by atoms with Crippen molar-refractivity contribution in [2.45, 2.75) is 25.9 Å². The lowest BCUT2D eigenvalue weighted by atomic mass is 10.4. The fraction of sp³-hybridized carbons (Fsp3) is 0.778. The van der Waals surface area contributed by atoms with E-state index >= 15 is 0 Å². The number of carbonyl (C=O) groups excluding carboxylic acids is 1. The molecule has 0 spiro atoms. The van der Waals surface area contributed by atoms with E-state index in [4.69, 9.17) is 9.84 Å². The molecule has 5 nitrogen and oxygen atoms in total. The molecule has 1 atom stereocenters. The smallest absolute Gasteiger partial charge is 0.332 e. The monoisotopic (exact) mass is 201 g/mol. The number of hydrogen-bond donors (Lipinski definition) is 2. The van der Waals surface area contributed by atoms with Crippen LogP contribution in [0.3, 0.4) is 0 Å². The van der Waals surface area contributed by atoms with Gasteiger partial charge in [-0.15, -0.1) is 0 Å². The molecule has 0 aromatic rings. The van der Waals surface area contributed by atoms with Crippen LogP contribution in [0.1, 0.15) is 19.8 Å². The maximum Gasteiger partial charge on any atom is 0.332 e. The summed E-state index contributed by atoms with van der Waals surface area (Å²) in [5, 5.41) is 11.1. The Bertz CT molecular complexity index is 225. The Morgan fingerprint density at radius 1 is 1.57 bits per heavy atom. The van der Waals surface area contributed by atoms with Crippen LogP contribution < -0.4 is 5.32 Å². The van der Waals surface area contributed by atoms with Gasteiger partial charge in [0.2, 0.25) is 5.91 Å². The van der Waals surface area contributed by atoms with Gasteiger partial charge in [-0.3, -0.25) is 4.79 Å². The summed E-state index contributed by atoms with van der Waals surface area (Å²) < 4.78 is 4.81. The Morgan fingerprint density at radius 2 is 2.21 bits per heavy atom. The van der Waals surface area contributed by atoms with E-state index in [1.807, 2.05) is 0 Å². The summed E-state index contributed by atoms with van der Waals surface area (Å²) in [7, 11) is 0. The van der Waals surface area contributed by atoms with Crippen LogP contribution in [0.4, 0.5) is 0 Å². The first kappa shape index (κ1) is 11.0. The van der Waals surface area contributed by atoms with Crippen molar-refractivity contribution in [1.29, 1.82) is 0 Å². The average molecular weight is 201 g/mol. The Hall–Kier alpha value is -1.10. The molecule has 2 N–H and O–H groups in total. The zero-order valence-electron chi connectivity index (χ0n) is 8.16. The molecule has 1 fully saturated rings. The van der Waals surface area contributed by atoms with E-state index in [-0.39, 0.29) is 12.5 Å². The minimum Gasteiger partial charge on any atom is -0.479 e. The van der Waals surface area contributed by atoms with Crippen molar-refractivity contribution < 1.29 is 19.4 Å². The topological polar surface area (TPSA) is 75.6 Å². The third kappa shape index (κ3) is 4.23. The van der Waals surface area contributed by atoms with E-state index in [0.29, 0.717) is 12.5 Å². The van der Waals surface area contributed by atoms with Gasteiger partial charge in [0.1, 0.15) is 6.61 Å². The van der Waals surface area contributed by atoms with E-state index in [0.717, 1.165) is 0 Å². The summed E-state index contributed by atoms with van der Waals surface area (Å²) in [6.45, 7) is 1.90. The van der Waals surface area contributed by atoms with Gasteiger partial charge in [0, 0.05) is 6.54 Å². The second kappa shape index (κ2) is 4.95. The molecule has 1 amide bonds. The summed E-state index contributed by atoms with van der Waals surface area (Å²) in [5.41, 5.74) is 0. The van der Waals surface area contributed by atoms with Gasteiger partial charge in [-0.2, -0.15) is 0 Å². The van der Waals surface area contributed by atoms with Crippen LogP contribution in [0.15, 0.2) is 0 Å². The van der Waals surface area contributed by atoms with E-state index in [2.05, 4.69) is 5.32 Å². The largest absolute Gasteiger partial charge is 0.479 e. The molecule has 80 valence electrons. The van der Waals surface area contributed by atoms with Gasteiger partial charge in [-0.1, -0.05) is 0 Å². The van der Waals surface area contributed by atoms with E-state index in [9.17, 15) is 9.59 Å². The normalized spacial score (nSPS) is 17.5. The number of carbonyl (C=O) groups is 2. The summed E-state index contributed by atoms with van der Waals surface area (Å²) in [6.07, 6.45) is 1.42. The predicted octanol–water partition coefficient (Wildman–Crippen LogP) is 0.00230. The molecule has 0 aromatic carbocycles. The number of amides is 1. The van der Waals surface area contributed by atoms with Crippen LogP contribution in [0.25, 0.3) is 0 Å². The third-order valence-electron chi connectivity index (χ3n) is 2.10. The molecule has 0 bridgehead atoms. The zero-order valence-corrected chi connectivity index (χ0v) is 8.16. The number of carboxylic acids is 1. The van der Waals surface area contributed by atoms with Crippen LogP contribution in [-0.2, 0) is 14.3 Å². The first-order valence-corrected chi connectivity index (χ1v) is 4.70. The molecule has 1 unspecified atom stereocenters. The predicted molar refractivity (Wildman–Crippen MR) is 48.8 cm³/mol. The minimum absolute atomic E-state index is 0.180. The van der Waals surface area contributed by atoms with Crippen molar-refractivity contribution in [3.63, 3.8) is 0 Å². The molecule has 0 saturated heterocycles. The number of rotatable bonds is 6. The quantitative estimate of drug-likeness (QED) is 0.634. The van der Waals surface area contributed by atoms with Crippen molar-refractivity contribution in [1.82, 2.24) is 5.32 Å². The highest BCUT2D eigenvalue weighted by Gasteiger charge is 2.21. The Balaban J connectivity index is 2.04. The molecule has 0 heterocycles. The SMILES string of the molecule is CC(OCC(=O)NCC1CC1)C(=O)O. The van der Waals surface area contributed by atoms with Gasteiger partial charge in [-0.05, 0) is 25.7 Å². The first-order valence-electron chi connectivity index (χ1n) is 4.70. The molecule has 1 aliphatic rings. The standard InChI is InChI=1S/C9H15NO4/c1-6(9(12)13)14-5-8(11)10-4-7-2-3-7/h6-7H,2-5H2,1H3,(H,10,11)(H,12,13). The maximum absolute atomic E-state index is 11.1. The maximum atomic E-state index is 11.1. The van der Waals surface area contributed by atoms with Gasteiger partial charge in [0.25, 0.3) is 0 Å². The molecule has 5 heteroatoms. The molecule has 14 heavy (non-hydrogen) atoms. The van der Waals surface area contributed by atoms with Crippen molar-refractivity contribution in [3.05, 3.63) is 0 Å². The number of nitrogens with one attached hydrogen (secondary N) is 1. The third-order valence-corrected chi connectivity index (χ3v) is 2.10. The summed E-state index contributed by atoms with van der Waals surface area (Å²) in [6, 6.07) is 0. The van der Waals surface area contributed by atoms with Crippen molar-refractivity contribution in [2.75, 3.05) is 13.2 Å². The number of hydrogen-bond acceptors (Lipinski definition) is 3. The molecular weight excluding hydrogens is 186 g/mol. The highest BCUT2D eigenvalue weighted by Crippen LogP contribution is 2.27. The first-order chi connectivity index (χ1) is 6.59.